The molecule has 2 heterocycles. The number of nitrogens with zero attached hydrogens (tertiary/aromatic N) is 2. The first kappa shape index (κ1) is 14.8. The summed E-state index contributed by atoms with van der Waals surface area (Å²) in [6, 6.07) is 9.73. The van der Waals surface area contributed by atoms with Crippen LogP contribution in [0, 0.1) is 0 Å². The lowest BCUT2D eigenvalue weighted by molar-refractivity contribution is 0.0607. The molecule has 0 atom stereocenters. The fourth-order valence-corrected chi connectivity index (χ4v) is 3.58. The van der Waals surface area contributed by atoms with Crippen molar-refractivity contribution < 1.29 is 9.53 Å². The minimum Gasteiger partial charge on any atom is -0.465 e. The summed E-state index contributed by atoms with van der Waals surface area (Å²) in [5.41, 5.74) is 8.21. The van der Waals surface area contributed by atoms with Gasteiger partial charge in [-0.2, -0.15) is 0 Å². The Balaban J connectivity index is 2.35. The lowest BCUT2D eigenvalue weighted by atomic mass is 10.1. The van der Waals surface area contributed by atoms with Crippen molar-refractivity contribution in [2.45, 2.75) is 5.16 Å². The molecule has 112 valence electrons. The Kier molecular flexibility index (Phi) is 4.00. The van der Waals surface area contributed by atoms with E-state index in [0.717, 1.165) is 11.3 Å². The topological polar surface area (TPSA) is 78.1 Å². The van der Waals surface area contributed by atoms with Crippen LogP contribution in [0.1, 0.15) is 9.67 Å². The molecule has 1 aromatic carbocycles. The molecule has 0 aliphatic rings. The first-order chi connectivity index (χ1) is 10.7. The van der Waals surface area contributed by atoms with Gasteiger partial charge in [-0.1, -0.05) is 42.1 Å². The molecule has 0 spiro atoms. The smallest absolute Gasteiger partial charge is 0.350 e. The lowest BCUT2D eigenvalue weighted by Crippen LogP contribution is -2.02. The molecule has 0 amide bonds. The molecule has 0 aliphatic carbocycles. The largest absolute Gasteiger partial charge is 0.465 e. The van der Waals surface area contributed by atoms with Crippen LogP contribution in [0.5, 0.6) is 0 Å². The zero-order valence-corrected chi connectivity index (χ0v) is 13.6. The van der Waals surface area contributed by atoms with Gasteiger partial charge in [0.25, 0.3) is 0 Å². The van der Waals surface area contributed by atoms with E-state index in [0.29, 0.717) is 25.9 Å². The number of ether oxygens (including phenoxy) is 1. The zero-order chi connectivity index (χ0) is 15.7. The van der Waals surface area contributed by atoms with Gasteiger partial charge >= 0.3 is 5.97 Å². The van der Waals surface area contributed by atoms with Crippen LogP contribution >= 0.6 is 23.1 Å². The SMILES string of the molecule is COC(=O)c1sc2nc(SC)nc(-c3ccccc3)c2c1N. The Morgan fingerprint density at radius 2 is 2.00 bits per heavy atom. The van der Waals surface area contributed by atoms with Gasteiger partial charge in [0.15, 0.2) is 5.16 Å². The summed E-state index contributed by atoms with van der Waals surface area (Å²) in [7, 11) is 1.34. The number of fused-ring (bicyclic) bond motifs is 1. The molecule has 0 unspecified atom stereocenters. The Morgan fingerprint density at radius 1 is 1.27 bits per heavy atom. The number of aromatic nitrogens is 2. The highest BCUT2D eigenvalue weighted by Gasteiger charge is 2.22. The Hall–Kier alpha value is -2.12. The van der Waals surface area contributed by atoms with E-state index < -0.39 is 5.97 Å². The van der Waals surface area contributed by atoms with Gasteiger partial charge in [0.2, 0.25) is 0 Å². The highest BCUT2D eigenvalue weighted by Crippen LogP contribution is 2.39. The molecule has 0 aliphatic heterocycles. The van der Waals surface area contributed by atoms with E-state index in [9.17, 15) is 4.79 Å². The number of carbonyl (C=O) groups excluding carboxylic acids is 1. The molecule has 3 aromatic rings. The standard InChI is InChI=1S/C15H13N3O2S2/c1-20-14(19)12-10(16)9-11(8-6-4-3-5-7-8)17-15(21-2)18-13(9)22-12/h3-7H,16H2,1-2H3. The van der Waals surface area contributed by atoms with Gasteiger partial charge < -0.3 is 10.5 Å². The van der Waals surface area contributed by atoms with Gasteiger partial charge in [-0.25, -0.2) is 14.8 Å². The summed E-state index contributed by atoms with van der Waals surface area (Å²) >= 11 is 2.68. The summed E-state index contributed by atoms with van der Waals surface area (Å²) in [4.78, 5) is 22.0. The van der Waals surface area contributed by atoms with Crippen LogP contribution in [0.3, 0.4) is 0 Å². The molecule has 0 bridgehead atoms. The van der Waals surface area contributed by atoms with Crippen LogP contribution < -0.4 is 5.73 Å². The van der Waals surface area contributed by atoms with Crippen LogP contribution in [-0.2, 0) is 4.74 Å². The van der Waals surface area contributed by atoms with Crippen molar-refractivity contribution in [1.82, 2.24) is 9.97 Å². The number of nitrogens with two attached hydrogens (primary N) is 1. The molecule has 0 saturated carbocycles. The van der Waals surface area contributed by atoms with Crippen molar-refractivity contribution in [2.24, 2.45) is 0 Å². The van der Waals surface area contributed by atoms with Crippen molar-refractivity contribution in [3.05, 3.63) is 35.2 Å². The molecule has 5 nitrogen and oxygen atoms in total. The van der Waals surface area contributed by atoms with E-state index in [1.54, 1.807) is 0 Å². The number of anilines is 1. The number of benzene rings is 1. The molecule has 0 saturated heterocycles. The molecule has 2 N–H and O–H groups in total. The maximum absolute atomic E-state index is 11.9. The second-order valence-corrected chi connectivity index (χ2v) is 6.21. The predicted molar refractivity (Wildman–Crippen MR) is 90.4 cm³/mol. The van der Waals surface area contributed by atoms with Crippen molar-refractivity contribution in [3.8, 4) is 11.3 Å². The number of thiophene rings is 1. The normalized spacial score (nSPS) is 10.8. The number of esters is 1. The number of methoxy groups -OCH3 is 1. The highest BCUT2D eigenvalue weighted by molar-refractivity contribution is 7.98. The maximum Gasteiger partial charge on any atom is 0.350 e. The zero-order valence-electron chi connectivity index (χ0n) is 12.0. The first-order valence-corrected chi connectivity index (χ1v) is 8.47. The third-order valence-electron chi connectivity index (χ3n) is 3.17. The molecule has 3 rings (SSSR count). The second kappa shape index (κ2) is 5.94. The molecule has 0 fully saturated rings. The monoisotopic (exact) mass is 331 g/mol. The summed E-state index contributed by atoms with van der Waals surface area (Å²) in [5.74, 6) is -0.454. The Morgan fingerprint density at radius 3 is 2.64 bits per heavy atom. The summed E-state index contributed by atoms with van der Waals surface area (Å²) in [5, 5.41) is 1.35. The van der Waals surface area contributed by atoms with E-state index in [2.05, 4.69) is 9.97 Å². The van der Waals surface area contributed by atoms with Gasteiger partial charge in [-0.3, -0.25) is 0 Å². The molecular weight excluding hydrogens is 318 g/mol. The summed E-state index contributed by atoms with van der Waals surface area (Å²) in [6.07, 6.45) is 1.91. The average Bonchev–Trinajstić information content (AvgIpc) is 2.91. The van der Waals surface area contributed by atoms with E-state index in [1.165, 1.54) is 30.2 Å². The molecular formula is C15H13N3O2S2. The summed E-state index contributed by atoms with van der Waals surface area (Å²) in [6.45, 7) is 0. The van der Waals surface area contributed by atoms with E-state index >= 15 is 0 Å². The predicted octanol–water partition coefficient (Wildman–Crippen LogP) is 3.45. The Labute approximate surface area is 135 Å². The van der Waals surface area contributed by atoms with Crippen molar-refractivity contribution in [2.75, 3.05) is 19.1 Å². The minimum absolute atomic E-state index is 0.363. The van der Waals surface area contributed by atoms with Gasteiger partial charge in [0.1, 0.15) is 9.71 Å². The molecule has 2 aromatic heterocycles. The summed E-state index contributed by atoms with van der Waals surface area (Å²) < 4.78 is 4.79. The Bertz CT molecular complexity index is 847. The minimum atomic E-state index is -0.454. The molecule has 7 heteroatoms. The molecule has 22 heavy (non-hydrogen) atoms. The van der Waals surface area contributed by atoms with Gasteiger partial charge in [0.05, 0.1) is 23.9 Å². The average molecular weight is 331 g/mol. The van der Waals surface area contributed by atoms with E-state index in [-0.39, 0.29) is 0 Å². The number of carbonyl (C=O) groups is 1. The van der Waals surface area contributed by atoms with E-state index in [4.69, 9.17) is 10.5 Å². The van der Waals surface area contributed by atoms with Gasteiger partial charge in [-0.15, -0.1) is 11.3 Å². The van der Waals surface area contributed by atoms with Crippen LogP contribution in [0.25, 0.3) is 21.5 Å². The van der Waals surface area contributed by atoms with E-state index in [1.807, 2.05) is 36.6 Å². The fourth-order valence-electron chi connectivity index (χ4n) is 2.14. The number of hydrogen-bond acceptors (Lipinski definition) is 7. The highest BCUT2D eigenvalue weighted by atomic mass is 32.2. The molecule has 0 radical (unpaired) electrons. The number of rotatable bonds is 3. The van der Waals surface area contributed by atoms with Crippen LogP contribution in [0.4, 0.5) is 5.69 Å². The second-order valence-electron chi connectivity index (χ2n) is 4.44. The quantitative estimate of drug-likeness (QED) is 0.450. The van der Waals surface area contributed by atoms with Gasteiger partial charge in [-0.05, 0) is 6.26 Å². The first-order valence-electron chi connectivity index (χ1n) is 6.43. The van der Waals surface area contributed by atoms with Gasteiger partial charge in [0, 0.05) is 5.56 Å². The third-order valence-corrected chi connectivity index (χ3v) is 4.80. The number of hydrogen-bond donors (Lipinski definition) is 1. The van der Waals surface area contributed by atoms with Crippen LogP contribution in [-0.4, -0.2) is 29.3 Å². The number of thioether (sulfide) groups is 1. The van der Waals surface area contributed by atoms with Crippen LogP contribution in [0.15, 0.2) is 35.5 Å². The lowest BCUT2D eigenvalue weighted by Gasteiger charge is -2.05. The van der Waals surface area contributed by atoms with Crippen LogP contribution in [0.2, 0.25) is 0 Å². The fraction of sp³-hybridized carbons (Fsp3) is 0.133. The third kappa shape index (κ3) is 2.42. The maximum atomic E-state index is 11.9. The van der Waals surface area contributed by atoms with Crippen molar-refractivity contribution >= 4 is 45.0 Å². The number of nitrogen functional groups attached to an aromatic ring is 1. The van der Waals surface area contributed by atoms with Crippen molar-refractivity contribution in [1.29, 1.82) is 0 Å². The van der Waals surface area contributed by atoms with Crippen molar-refractivity contribution in [3.63, 3.8) is 0 Å².